The van der Waals surface area contributed by atoms with E-state index >= 15 is 0 Å². The van der Waals surface area contributed by atoms with Crippen molar-refractivity contribution in [2.24, 2.45) is 7.05 Å². The predicted molar refractivity (Wildman–Crippen MR) is 79.0 cm³/mol. The number of hydrogen-bond acceptors (Lipinski definition) is 3. The second-order valence-electron chi connectivity index (χ2n) is 4.88. The van der Waals surface area contributed by atoms with Gasteiger partial charge >= 0.3 is 0 Å². The molecule has 2 N–H and O–H groups in total. The summed E-state index contributed by atoms with van der Waals surface area (Å²) in [5.41, 5.74) is 7.97. The van der Waals surface area contributed by atoms with E-state index in [-0.39, 0.29) is 0 Å². The van der Waals surface area contributed by atoms with Gasteiger partial charge in [0, 0.05) is 12.6 Å². The highest BCUT2D eigenvalue weighted by atomic mass is 79.9. The molecule has 2 aromatic rings. The van der Waals surface area contributed by atoms with Crippen molar-refractivity contribution in [2.45, 2.75) is 25.4 Å². The first-order valence-corrected chi connectivity index (χ1v) is 7.18. The van der Waals surface area contributed by atoms with Gasteiger partial charge in [-0.2, -0.15) is 5.10 Å². The Labute approximate surface area is 120 Å². The summed E-state index contributed by atoms with van der Waals surface area (Å²) in [6.45, 7) is 0. The molecule has 5 heteroatoms. The van der Waals surface area contributed by atoms with Crippen LogP contribution in [0, 0.1) is 0 Å². The Balaban J connectivity index is 1.88. The number of halogens is 1. The van der Waals surface area contributed by atoms with Gasteiger partial charge in [-0.3, -0.25) is 4.68 Å². The number of benzene rings is 1. The van der Waals surface area contributed by atoms with E-state index in [1.165, 1.54) is 6.42 Å². The molecule has 1 aromatic heterocycles. The van der Waals surface area contributed by atoms with Crippen LogP contribution in [0.15, 0.2) is 28.9 Å². The largest absolute Gasteiger partial charge is 0.489 e. The Kier molecular flexibility index (Phi) is 3.22. The molecule has 1 heterocycles. The van der Waals surface area contributed by atoms with Crippen LogP contribution in [0.5, 0.6) is 5.75 Å². The molecule has 0 bridgehead atoms. The molecule has 1 aliphatic carbocycles. The molecule has 1 aliphatic rings. The molecule has 0 amide bonds. The number of anilines is 1. The van der Waals surface area contributed by atoms with Gasteiger partial charge in [0.2, 0.25) is 0 Å². The second kappa shape index (κ2) is 4.89. The van der Waals surface area contributed by atoms with Gasteiger partial charge in [-0.25, -0.2) is 0 Å². The third-order valence-corrected chi connectivity index (χ3v) is 4.19. The van der Waals surface area contributed by atoms with E-state index in [1.807, 2.05) is 25.2 Å². The Morgan fingerprint density at radius 3 is 2.74 bits per heavy atom. The fraction of sp³-hybridized carbons (Fsp3) is 0.357. The van der Waals surface area contributed by atoms with Gasteiger partial charge in [0.15, 0.2) is 0 Å². The average Bonchev–Trinajstić information content (AvgIpc) is 2.66. The highest BCUT2D eigenvalue weighted by Crippen LogP contribution is 2.35. The van der Waals surface area contributed by atoms with Crippen LogP contribution in [0.2, 0.25) is 0 Å². The van der Waals surface area contributed by atoms with Crippen molar-refractivity contribution < 1.29 is 4.74 Å². The molecule has 19 heavy (non-hydrogen) atoms. The van der Waals surface area contributed by atoms with E-state index in [2.05, 4.69) is 21.0 Å². The van der Waals surface area contributed by atoms with E-state index in [9.17, 15) is 0 Å². The highest BCUT2D eigenvalue weighted by molar-refractivity contribution is 9.10. The van der Waals surface area contributed by atoms with Crippen molar-refractivity contribution in [2.75, 3.05) is 5.73 Å². The average molecular weight is 322 g/mol. The van der Waals surface area contributed by atoms with E-state index in [1.54, 1.807) is 10.9 Å². The normalized spacial score (nSPS) is 15.3. The summed E-state index contributed by atoms with van der Waals surface area (Å²) in [6, 6.07) is 6.04. The SMILES string of the molecule is Cn1ncc(-c2ccc(OC3CCC3)c(Br)c2)c1N. The minimum absolute atomic E-state index is 0.380. The summed E-state index contributed by atoms with van der Waals surface area (Å²) in [5, 5.41) is 4.16. The number of rotatable bonds is 3. The van der Waals surface area contributed by atoms with E-state index in [0.717, 1.165) is 34.2 Å². The van der Waals surface area contributed by atoms with Crippen LogP contribution in [0.3, 0.4) is 0 Å². The first-order valence-electron chi connectivity index (χ1n) is 6.39. The van der Waals surface area contributed by atoms with Crippen LogP contribution in [-0.4, -0.2) is 15.9 Å². The number of nitrogens with zero attached hydrogens (tertiary/aromatic N) is 2. The molecule has 4 nitrogen and oxygen atoms in total. The first kappa shape index (κ1) is 12.5. The van der Waals surface area contributed by atoms with Gasteiger partial charge in [-0.1, -0.05) is 6.07 Å². The van der Waals surface area contributed by atoms with Crippen LogP contribution in [0.25, 0.3) is 11.1 Å². The smallest absolute Gasteiger partial charge is 0.133 e. The molecule has 1 saturated carbocycles. The Morgan fingerprint density at radius 2 is 2.21 bits per heavy atom. The van der Waals surface area contributed by atoms with Crippen molar-refractivity contribution in [3.63, 3.8) is 0 Å². The Bertz CT molecular complexity index is 605. The summed E-state index contributed by atoms with van der Waals surface area (Å²) in [6.07, 6.45) is 5.74. The first-order chi connectivity index (χ1) is 9.15. The van der Waals surface area contributed by atoms with Crippen molar-refractivity contribution in [3.05, 3.63) is 28.9 Å². The van der Waals surface area contributed by atoms with Gasteiger partial charge in [0.05, 0.1) is 16.8 Å². The Morgan fingerprint density at radius 1 is 1.42 bits per heavy atom. The van der Waals surface area contributed by atoms with Crippen LogP contribution in [-0.2, 0) is 7.05 Å². The number of ether oxygens (including phenoxy) is 1. The van der Waals surface area contributed by atoms with E-state index in [4.69, 9.17) is 10.5 Å². The molecular formula is C14H16BrN3O. The van der Waals surface area contributed by atoms with Gasteiger partial charge in [-0.15, -0.1) is 0 Å². The topological polar surface area (TPSA) is 53.1 Å². The quantitative estimate of drug-likeness (QED) is 0.943. The molecule has 0 spiro atoms. The minimum atomic E-state index is 0.380. The van der Waals surface area contributed by atoms with E-state index < -0.39 is 0 Å². The van der Waals surface area contributed by atoms with Gasteiger partial charge in [0.1, 0.15) is 11.6 Å². The Hall–Kier alpha value is -1.49. The maximum atomic E-state index is 5.99. The fourth-order valence-corrected chi connectivity index (χ4v) is 2.57. The number of hydrogen-bond donors (Lipinski definition) is 1. The summed E-state index contributed by atoms with van der Waals surface area (Å²) in [4.78, 5) is 0. The summed E-state index contributed by atoms with van der Waals surface area (Å²) in [5.74, 6) is 1.57. The van der Waals surface area contributed by atoms with E-state index in [0.29, 0.717) is 11.9 Å². The molecule has 1 aromatic carbocycles. The second-order valence-corrected chi connectivity index (χ2v) is 5.74. The number of aryl methyl sites for hydroxylation is 1. The van der Waals surface area contributed by atoms with Crippen molar-refractivity contribution >= 4 is 21.7 Å². The lowest BCUT2D eigenvalue weighted by atomic mass is 9.96. The standard InChI is InChI=1S/C14H16BrN3O/c1-18-14(16)11(8-17-18)9-5-6-13(12(15)7-9)19-10-3-2-4-10/h5-8,10H,2-4,16H2,1H3. The summed E-state index contributed by atoms with van der Waals surface area (Å²) in [7, 11) is 1.84. The molecule has 0 radical (unpaired) electrons. The van der Waals surface area contributed by atoms with Gasteiger partial charge in [0.25, 0.3) is 0 Å². The molecule has 100 valence electrons. The lowest BCUT2D eigenvalue weighted by Gasteiger charge is -2.27. The molecule has 0 saturated heterocycles. The van der Waals surface area contributed by atoms with Crippen LogP contribution in [0.4, 0.5) is 5.82 Å². The lowest BCUT2D eigenvalue weighted by Crippen LogP contribution is -2.24. The van der Waals surface area contributed by atoms with Crippen molar-refractivity contribution in [1.82, 2.24) is 9.78 Å². The lowest BCUT2D eigenvalue weighted by molar-refractivity contribution is 0.119. The predicted octanol–water partition coefficient (Wildman–Crippen LogP) is 3.36. The number of aromatic nitrogens is 2. The third kappa shape index (κ3) is 2.34. The molecule has 1 fully saturated rings. The zero-order chi connectivity index (χ0) is 13.4. The maximum absolute atomic E-state index is 5.99. The maximum Gasteiger partial charge on any atom is 0.133 e. The van der Waals surface area contributed by atoms with Gasteiger partial charge in [-0.05, 0) is 52.9 Å². The van der Waals surface area contributed by atoms with Crippen LogP contribution >= 0.6 is 15.9 Å². The van der Waals surface area contributed by atoms with Crippen LogP contribution < -0.4 is 10.5 Å². The molecule has 3 rings (SSSR count). The molecule has 0 atom stereocenters. The number of nitrogens with two attached hydrogens (primary N) is 1. The van der Waals surface area contributed by atoms with Crippen LogP contribution in [0.1, 0.15) is 19.3 Å². The minimum Gasteiger partial charge on any atom is -0.489 e. The van der Waals surface area contributed by atoms with Gasteiger partial charge < -0.3 is 10.5 Å². The van der Waals surface area contributed by atoms with Crippen molar-refractivity contribution in [3.8, 4) is 16.9 Å². The fourth-order valence-electron chi connectivity index (χ4n) is 2.10. The third-order valence-electron chi connectivity index (χ3n) is 3.57. The number of nitrogen functional groups attached to an aromatic ring is 1. The zero-order valence-corrected chi connectivity index (χ0v) is 12.4. The zero-order valence-electron chi connectivity index (χ0n) is 10.8. The molecular weight excluding hydrogens is 306 g/mol. The summed E-state index contributed by atoms with van der Waals surface area (Å²) < 4.78 is 8.54. The summed E-state index contributed by atoms with van der Waals surface area (Å²) >= 11 is 3.56. The van der Waals surface area contributed by atoms with Crippen molar-refractivity contribution in [1.29, 1.82) is 0 Å². The molecule has 0 aliphatic heterocycles. The highest BCUT2D eigenvalue weighted by Gasteiger charge is 2.20. The monoisotopic (exact) mass is 321 g/mol. The molecule has 0 unspecified atom stereocenters.